The number of nitrogens with one attached hydrogen (secondary N) is 1. The van der Waals surface area contributed by atoms with Crippen LogP contribution in [0.2, 0.25) is 0 Å². The Hall–Kier alpha value is -1.26. The van der Waals surface area contributed by atoms with Crippen LogP contribution in [-0.2, 0) is 26.1 Å². The summed E-state index contributed by atoms with van der Waals surface area (Å²) in [7, 11) is 0. The maximum atomic E-state index is 5.75. The van der Waals surface area contributed by atoms with Crippen LogP contribution >= 0.6 is 15.9 Å². The van der Waals surface area contributed by atoms with Gasteiger partial charge in [-0.25, -0.2) is 0 Å². The first kappa shape index (κ1) is 13.7. The Morgan fingerprint density at radius 2 is 2.25 bits per heavy atom. The molecule has 2 heterocycles. The van der Waals surface area contributed by atoms with Crippen molar-refractivity contribution in [2.75, 3.05) is 6.61 Å². The Kier molecular flexibility index (Phi) is 4.13. The Labute approximate surface area is 128 Å². The van der Waals surface area contributed by atoms with E-state index in [1.165, 1.54) is 16.8 Å². The average Bonchev–Trinajstić information content (AvgIpc) is 3.06. The molecule has 3 rings (SSSR count). The van der Waals surface area contributed by atoms with E-state index in [0.29, 0.717) is 0 Å². The summed E-state index contributed by atoms with van der Waals surface area (Å²) in [5, 5.41) is 3.51. The predicted octanol–water partition coefficient (Wildman–Crippen LogP) is 3.50. The van der Waals surface area contributed by atoms with Crippen LogP contribution in [-0.4, -0.2) is 11.2 Å². The molecule has 20 heavy (non-hydrogen) atoms. The smallest absolute Gasteiger partial charge is 0.127 e. The number of benzene rings is 1. The Morgan fingerprint density at radius 3 is 3.10 bits per heavy atom. The summed E-state index contributed by atoms with van der Waals surface area (Å²) in [4.78, 5) is 0. The molecule has 0 saturated carbocycles. The minimum Gasteiger partial charge on any atom is -0.493 e. The summed E-state index contributed by atoms with van der Waals surface area (Å²) in [6.45, 7) is 5.69. The molecule has 0 atom stereocenters. The van der Waals surface area contributed by atoms with Gasteiger partial charge in [-0.3, -0.25) is 0 Å². The van der Waals surface area contributed by atoms with Gasteiger partial charge in [-0.1, -0.05) is 15.9 Å². The second-order valence-corrected chi connectivity index (χ2v) is 5.96. The minimum atomic E-state index is 0.803. The summed E-state index contributed by atoms with van der Waals surface area (Å²) in [6.07, 6.45) is 3.14. The summed E-state index contributed by atoms with van der Waals surface area (Å²) in [5.41, 5.74) is 3.87. The van der Waals surface area contributed by atoms with E-state index in [1.54, 1.807) is 0 Å². The molecule has 1 aromatic heterocycles. The predicted molar refractivity (Wildman–Crippen MR) is 84.0 cm³/mol. The van der Waals surface area contributed by atoms with Crippen LogP contribution in [0.25, 0.3) is 0 Å². The lowest BCUT2D eigenvalue weighted by Gasteiger charge is -2.11. The first-order valence-electron chi connectivity index (χ1n) is 7.06. The third-order valence-electron chi connectivity index (χ3n) is 3.71. The maximum absolute atomic E-state index is 5.75. The zero-order valence-electron chi connectivity index (χ0n) is 11.7. The second-order valence-electron chi connectivity index (χ2n) is 5.04. The topological polar surface area (TPSA) is 26.2 Å². The zero-order chi connectivity index (χ0) is 13.9. The van der Waals surface area contributed by atoms with E-state index in [-0.39, 0.29) is 0 Å². The molecule has 1 aliphatic rings. The van der Waals surface area contributed by atoms with Gasteiger partial charge in [-0.2, -0.15) is 0 Å². The van der Waals surface area contributed by atoms with Gasteiger partial charge in [-0.15, -0.1) is 0 Å². The molecule has 0 fully saturated rings. The number of rotatable bonds is 5. The summed E-state index contributed by atoms with van der Waals surface area (Å²) in [6, 6.07) is 8.57. The van der Waals surface area contributed by atoms with Gasteiger partial charge in [-0.05, 0) is 36.8 Å². The van der Waals surface area contributed by atoms with Crippen molar-refractivity contribution in [2.24, 2.45) is 0 Å². The number of aromatic nitrogens is 1. The highest BCUT2D eigenvalue weighted by Gasteiger charge is 2.17. The van der Waals surface area contributed by atoms with Crippen molar-refractivity contribution < 1.29 is 4.74 Å². The first-order valence-corrected chi connectivity index (χ1v) is 7.86. The summed E-state index contributed by atoms with van der Waals surface area (Å²) in [5.74, 6) is 1.08. The maximum Gasteiger partial charge on any atom is 0.127 e. The Balaban J connectivity index is 1.67. The van der Waals surface area contributed by atoms with E-state index >= 15 is 0 Å². The third kappa shape index (κ3) is 2.76. The van der Waals surface area contributed by atoms with Crippen molar-refractivity contribution in [3.05, 3.63) is 51.8 Å². The number of halogens is 1. The third-order valence-corrected chi connectivity index (χ3v) is 4.17. The van der Waals surface area contributed by atoms with Gasteiger partial charge in [0.05, 0.1) is 6.61 Å². The van der Waals surface area contributed by atoms with Crippen molar-refractivity contribution >= 4 is 15.9 Å². The van der Waals surface area contributed by atoms with Crippen molar-refractivity contribution in [1.29, 1.82) is 0 Å². The molecule has 0 radical (unpaired) electrons. The minimum absolute atomic E-state index is 0.803. The fourth-order valence-electron chi connectivity index (χ4n) is 2.72. The number of hydrogen-bond acceptors (Lipinski definition) is 2. The monoisotopic (exact) mass is 334 g/mol. The van der Waals surface area contributed by atoms with E-state index in [9.17, 15) is 0 Å². The van der Waals surface area contributed by atoms with Gasteiger partial charge in [0, 0.05) is 48.0 Å². The van der Waals surface area contributed by atoms with Crippen LogP contribution in [0.1, 0.15) is 23.7 Å². The number of nitrogens with zero attached hydrogens (tertiary/aromatic N) is 1. The van der Waals surface area contributed by atoms with E-state index in [0.717, 1.165) is 42.9 Å². The van der Waals surface area contributed by atoms with Gasteiger partial charge in [0.2, 0.25) is 0 Å². The van der Waals surface area contributed by atoms with Crippen LogP contribution in [0.3, 0.4) is 0 Å². The Morgan fingerprint density at radius 1 is 1.35 bits per heavy atom. The normalized spacial score (nSPS) is 13.3. The fraction of sp³-hybridized carbons (Fsp3) is 0.375. The quantitative estimate of drug-likeness (QED) is 0.905. The lowest BCUT2D eigenvalue weighted by atomic mass is 10.1. The van der Waals surface area contributed by atoms with Crippen molar-refractivity contribution in [1.82, 2.24) is 9.88 Å². The molecule has 0 amide bonds. The molecule has 1 aromatic carbocycles. The van der Waals surface area contributed by atoms with Crippen LogP contribution in [0.15, 0.2) is 34.9 Å². The van der Waals surface area contributed by atoms with E-state index in [4.69, 9.17) is 4.74 Å². The molecule has 4 heteroatoms. The summed E-state index contributed by atoms with van der Waals surface area (Å²) < 4.78 is 9.14. The van der Waals surface area contributed by atoms with Crippen LogP contribution in [0, 0.1) is 0 Å². The van der Waals surface area contributed by atoms with Gasteiger partial charge in [0.15, 0.2) is 0 Å². The molecule has 0 bridgehead atoms. The van der Waals surface area contributed by atoms with Crippen LogP contribution < -0.4 is 10.1 Å². The lowest BCUT2D eigenvalue weighted by Crippen LogP contribution is -2.16. The largest absolute Gasteiger partial charge is 0.493 e. The average molecular weight is 335 g/mol. The highest BCUT2D eigenvalue weighted by atomic mass is 79.9. The van der Waals surface area contributed by atoms with Crippen LogP contribution in [0.5, 0.6) is 5.75 Å². The van der Waals surface area contributed by atoms with E-state index < -0.39 is 0 Å². The van der Waals surface area contributed by atoms with Crippen molar-refractivity contribution in [3.63, 3.8) is 0 Å². The summed E-state index contributed by atoms with van der Waals surface area (Å²) >= 11 is 3.58. The lowest BCUT2D eigenvalue weighted by molar-refractivity contribution is 0.352. The molecule has 0 saturated heterocycles. The van der Waals surface area contributed by atoms with E-state index in [2.05, 4.69) is 63.2 Å². The molecule has 0 aliphatic carbocycles. The highest BCUT2D eigenvalue weighted by Crippen LogP contribution is 2.32. The van der Waals surface area contributed by atoms with Crippen molar-refractivity contribution in [2.45, 2.75) is 33.0 Å². The second kappa shape index (κ2) is 6.02. The number of fused-ring (bicyclic) bond motifs is 1. The SMILES string of the molecule is CCn1cccc1CNCc1cc(Br)cc2c1OCC2. The number of hydrogen-bond donors (Lipinski definition) is 1. The van der Waals surface area contributed by atoms with Crippen LogP contribution in [0.4, 0.5) is 0 Å². The molecule has 0 unspecified atom stereocenters. The molecule has 106 valence electrons. The van der Waals surface area contributed by atoms with Gasteiger partial charge < -0.3 is 14.6 Å². The fourth-order valence-corrected chi connectivity index (χ4v) is 3.27. The highest BCUT2D eigenvalue weighted by molar-refractivity contribution is 9.10. The first-order chi connectivity index (χ1) is 9.78. The van der Waals surface area contributed by atoms with Gasteiger partial charge in [0.1, 0.15) is 5.75 Å². The van der Waals surface area contributed by atoms with Crippen molar-refractivity contribution in [3.8, 4) is 5.75 Å². The molecule has 3 nitrogen and oxygen atoms in total. The van der Waals surface area contributed by atoms with Gasteiger partial charge >= 0.3 is 0 Å². The van der Waals surface area contributed by atoms with E-state index in [1.807, 2.05) is 0 Å². The molecule has 2 aromatic rings. The number of aryl methyl sites for hydroxylation is 1. The molecule has 0 spiro atoms. The Bertz CT molecular complexity index is 607. The molecule has 1 N–H and O–H groups in total. The number of ether oxygens (including phenoxy) is 1. The van der Waals surface area contributed by atoms with Gasteiger partial charge in [0.25, 0.3) is 0 Å². The standard InChI is InChI=1S/C16H19BrN2O/c1-2-19-6-3-4-15(19)11-18-10-13-9-14(17)8-12-5-7-20-16(12)13/h3-4,6,8-9,18H,2,5,7,10-11H2,1H3. The molecule has 1 aliphatic heterocycles. The zero-order valence-corrected chi connectivity index (χ0v) is 13.2. The molecular formula is C16H19BrN2O. The molecular weight excluding hydrogens is 316 g/mol.